The fourth-order valence-electron chi connectivity index (χ4n) is 3.30. The predicted octanol–water partition coefficient (Wildman–Crippen LogP) is 1.22. The molecule has 0 N–H and O–H groups in total. The van der Waals surface area contributed by atoms with Crippen molar-refractivity contribution in [2.75, 3.05) is 18.1 Å². The third-order valence-corrected chi connectivity index (χ3v) is 8.94. The number of oxazole rings is 1. The number of sulfonamides is 1. The molecular formula is C16H18N2O5S2. The largest absolute Gasteiger partial charge is 0.441 e. The highest BCUT2D eigenvalue weighted by atomic mass is 32.2. The minimum atomic E-state index is -3.66. The molecule has 0 amide bonds. The molecule has 25 heavy (non-hydrogen) atoms. The van der Waals surface area contributed by atoms with E-state index in [9.17, 15) is 16.8 Å². The Labute approximate surface area is 146 Å². The smallest absolute Gasteiger partial charge is 0.226 e. The standard InChI is InChI=1S/C16H18N2O5S2/c19-24(20)9-7-13(11-24)25(21,22)18-8-6-15-14(10-18)17-16(23-15)12-4-2-1-3-5-12/h1-5,13H,6-11H2. The highest BCUT2D eigenvalue weighted by Crippen LogP contribution is 2.30. The Morgan fingerprint density at radius 3 is 2.64 bits per heavy atom. The fraction of sp³-hybridized carbons (Fsp3) is 0.438. The first kappa shape index (κ1) is 16.7. The van der Waals surface area contributed by atoms with Crippen LogP contribution in [0.3, 0.4) is 0 Å². The van der Waals surface area contributed by atoms with Crippen LogP contribution >= 0.6 is 0 Å². The van der Waals surface area contributed by atoms with Crippen LogP contribution in [0, 0.1) is 0 Å². The first-order valence-corrected chi connectivity index (χ1v) is 11.4. The number of hydrogen-bond acceptors (Lipinski definition) is 6. The fourth-order valence-corrected chi connectivity index (χ4v) is 7.79. The van der Waals surface area contributed by atoms with Crippen molar-refractivity contribution in [1.82, 2.24) is 9.29 Å². The van der Waals surface area contributed by atoms with E-state index in [2.05, 4.69) is 4.98 Å². The topological polar surface area (TPSA) is 97.5 Å². The van der Waals surface area contributed by atoms with Gasteiger partial charge in [-0.15, -0.1) is 0 Å². The number of aromatic nitrogens is 1. The van der Waals surface area contributed by atoms with Crippen LogP contribution in [0.4, 0.5) is 0 Å². The van der Waals surface area contributed by atoms with E-state index in [-0.39, 0.29) is 31.0 Å². The van der Waals surface area contributed by atoms with Crippen LogP contribution in [0.1, 0.15) is 17.9 Å². The van der Waals surface area contributed by atoms with E-state index in [4.69, 9.17) is 4.42 Å². The lowest BCUT2D eigenvalue weighted by Crippen LogP contribution is -2.42. The highest BCUT2D eigenvalue weighted by molar-refractivity contribution is 7.95. The molecule has 1 atom stereocenters. The molecule has 0 radical (unpaired) electrons. The zero-order valence-corrected chi connectivity index (χ0v) is 15.1. The number of fused-ring (bicyclic) bond motifs is 1. The maximum atomic E-state index is 12.8. The van der Waals surface area contributed by atoms with E-state index in [1.54, 1.807) is 0 Å². The summed E-state index contributed by atoms with van der Waals surface area (Å²) in [7, 11) is -6.91. The van der Waals surface area contributed by atoms with Gasteiger partial charge in [-0.1, -0.05) is 18.2 Å². The van der Waals surface area contributed by atoms with Gasteiger partial charge in [-0.3, -0.25) is 0 Å². The van der Waals surface area contributed by atoms with Crippen molar-refractivity contribution >= 4 is 19.9 Å². The van der Waals surface area contributed by atoms with E-state index < -0.39 is 25.1 Å². The molecule has 1 saturated heterocycles. The maximum absolute atomic E-state index is 12.8. The van der Waals surface area contributed by atoms with Gasteiger partial charge in [-0.25, -0.2) is 21.8 Å². The molecule has 2 aliphatic rings. The summed E-state index contributed by atoms with van der Waals surface area (Å²) in [5, 5.41) is -0.848. The molecule has 9 heteroatoms. The molecule has 0 bridgehead atoms. The van der Waals surface area contributed by atoms with E-state index in [1.807, 2.05) is 30.3 Å². The monoisotopic (exact) mass is 382 g/mol. The molecule has 7 nitrogen and oxygen atoms in total. The van der Waals surface area contributed by atoms with Gasteiger partial charge in [0, 0.05) is 18.5 Å². The quantitative estimate of drug-likeness (QED) is 0.792. The lowest BCUT2D eigenvalue weighted by molar-refractivity contribution is 0.358. The highest BCUT2D eigenvalue weighted by Gasteiger charge is 2.42. The average Bonchev–Trinajstić information content (AvgIpc) is 3.18. The second-order valence-corrected chi connectivity index (χ2v) is 10.9. The minimum Gasteiger partial charge on any atom is -0.441 e. The van der Waals surface area contributed by atoms with Gasteiger partial charge in [-0.2, -0.15) is 4.31 Å². The lowest BCUT2D eigenvalue weighted by Gasteiger charge is -2.27. The predicted molar refractivity (Wildman–Crippen MR) is 92.0 cm³/mol. The summed E-state index contributed by atoms with van der Waals surface area (Å²) in [4.78, 5) is 4.45. The van der Waals surface area contributed by atoms with Gasteiger partial charge < -0.3 is 4.42 Å². The maximum Gasteiger partial charge on any atom is 0.226 e. The summed E-state index contributed by atoms with van der Waals surface area (Å²) >= 11 is 0. The number of nitrogens with zero attached hydrogens (tertiary/aromatic N) is 2. The van der Waals surface area contributed by atoms with Gasteiger partial charge >= 0.3 is 0 Å². The van der Waals surface area contributed by atoms with E-state index in [0.717, 1.165) is 5.56 Å². The first-order valence-electron chi connectivity index (χ1n) is 8.08. The molecule has 1 unspecified atom stereocenters. The van der Waals surface area contributed by atoms with Crippen LogP contribution in [0.15, 0.2) is 34.7 Å². The summed E-state index contributed by atoms with van der Waals surface area (Å²) in [5.41, 5.74) is 1.45. The average molecular weight is 382 g/mol. The summed E-state index contributed by atoms with van der Waals surface area (Å²) in [6.07, 6.45) is 0.607. The van der Waals surface area contributed by atoms with Gasteiger partial charge in [0.15, 0.2) is 9.84 Å². The Morgan fingerprint density at radius 1 is 1.20 bits per heavy atom. The second kappa shape index (κ2) is 5.93. The van der Waals surface area contributed by atoms with Crippen molar-refractivity contribution in [2.24, 2.45) is 0 Å². The molecule has 1 fully saturated rings. The Morgan fingerprint density at radius 2 is 1.96 bits per heavy atom. The van der Waals surface area contributed by atoms with Crippen molar-refractivity contribution in [3.8, 4) is 11.5 Å². The van der Waals surface area contributed by atoms with Crippen molar-refractivity contribution in [2.45, 2.75) is 24.6 Å². The third-order valence-electron chi connectivity index (χ3n) is 4.69. The summed E-state index contributed by atoms with van der Waals surface area (Å²) in [6.45, 7) is 0.417. The zero-order valence-electron chi connectivity index (χ0n) is 13.5. The van der Waals surface area contributed by atoms with E-state index in [0.29, 0.717) is 23.8 Å². The minimum absolute atomic E-state index is 0.0574. The van der Waals surface area contributed by atoms with Crippen LogP contribution < -0.4 is 0 Å². The van der Waals surface area contributed by atoms with Crippen molar-refractivity contribution < 1.29 is 21.3 Å². The molecule has 4 rings (SSSR count). The third kappa shape index (κ3) is 3.11. The Bertz CT molecular complexity index is 996. The molecule has 1 aromatic carbocycles. The molecule has 1 aromatic heterocycles. The second-order valence-electron chi connectivity index (χ2n) is 6.41. The molecule has 0 spiro atoms. The van der Waals surface area contributed by atoms with E-state index >= 15 is 0 Å². The van der Waals surface area contributed by atoms with Gasteiger partial charge in [0.05, 0.1) is 29.0 Å². The van der Waals surface area contributed by atoms with Crippen molar-refractivity contribution in [3.63, 3.8) is 0 Å². The SMILES string of the molecule is O=S1(=O)CCC(S(=O)(=O)N2CCc3oc(-c4ccccc4)nc3C2)C1. The number of rotatable bonds is 3. The van der Waals surface area contributed by atoms with Crippen molar-refractivity contribution in [1.29, 1.82) is 0 Å². The number of sulfone groups is 1. The molecular weight excluding hydrogens is 364 g/mol. The van der Waals surface area contributed by atoms with Crippen LogP contribution in [-0.4, -0.2) is 49.4 Å². The van der Waals surface area contributed by atoms with Gasteiger partial charge in [0.25, 0.3) is 0 Å². The summed E-state index contributed by atoms with van der Waals surface area (Å²) < 4.78 is 55.9. The summed E-state index contributed by atoms with van der Waals surface area (Å²) in [6, 6.07) is 9.44. The summed E-state index contributed by atoms with van der Waals surface area (Å²) in [5.74, 6) is 0.836. The van der Waals surface area contributed by atoms with Crippen LogP contribution in [0.2, 0.25) is 0 Å². The Balaban J connectivity index is 1.58. The van der Waals surface area contributed by atoms with Crippen molar-refractivity contribution in [3.05, 3.63) is 41.8 Å². The first-order chi connectivity index (χ1) is 11.9. The van der Waals surface area contributed by atoms with Crippen LogP contribution in [0.5, 0.6) is 0 Å². The number of hydrogen-bond donors (Lipinski definition) is 0. The molecule has 2 aromatic rings. The Hall–Kier alpha value is -1.71. The Kier molecular flexibility index (Phi) is 3.97. The molecule has 3 heterocycles. The van der Waals surface area contributed by atoms with Gasteiger partial charge in [0.2, 0.25) is 15.9 Å². The lowest BCUT2D eigenvalue weighted by atomic mass is 10.2. The number of benzene rings is 1. The van der Waals surface area contributed by atoms with Gasteiger partial charge in [-0.05, 0) is 18.6 Å². The molecule has 134 valence electrons. The van der Waals surface area contributed by atoms with Crippen LogP contribution in [0.25, 0.3) is 11.5 Å². The molecule has 0 aliphatic carbocycles. The van der Waals surface area contributed by atoms with Gasteiger partial charge in [0.1, 0.15) is 5.76 Å². The normalized spacial score (nSPS) is 23.4. The molecule has 0 saturated carbocycles. The molecule has 2 aliphatic heterocycles. The van der Waals surface area contributed by atoms with Crippen LogP contribution in [-0.2, 0) is 32.8 Å². The van der Waals surface area contributed by atoms with E-state index in [1.165, 1.54) is 4.31 Å². The zero-order chi connectivity index (χ0) is 17.7.